The Morgan fingerprint density at radius 3 is 2.53 bits per heavy atom. The van der Waals surface area contributed by atoms with Crippen LogP contribution in [0.3, 0.4) is 0 Å². The minimum Gasteiger partial charge on any atom is -0.493 e. The molecule has 2 aromatic carbocycles. The second-order valence-corrected chi connectivity index (χ2v) is 7.19. The summed E-state index contributed by atoms with van der Waals surface area (Å²) in [4.78, 5) is 27.2. The molecule has 7 heteroatoms. The zero-order valence-electron chi connectivity index (χ0n) is 17.4. The first-order valence-electron chi connectivity index (χ1n) is 10.1. The summed E-state index contributed by atoms with van der Waals surface area (Å²) in [6, 6.07) is 14.4. The van der Waals surface area contributed by atoms with Crippen LogP contribution in [0.2, 0.25) is 0 Å². The zero-order valence-corrected chi connectivity index (χ0v) is 17.4. The van der Waals surface area contributed by atoms with Crippen LogP contribution >= 0.6 is 0 Å². The summed E-state index contributed by atoms with van der Waals surface area (Å²) in [6.07, 6.45) is 2.59. The Hall–Kier alpha value is -3.06. The summed E-state index contributed by atoms with van der Waals surface area (Å²) in [5.74, 6) is 0.665. The molecule has 0 radical (unpaired) electrons. The molecule has 0 bridgehead atoms. The fourth-order valence-electron chi connectivity index (χ4n) is 3.57. The minimum atomic E-state index is -0.379. The Kier molecular flexibility index (Phi) is 7.68. The first-order chi connectivity index (χ1) is 14.6. The number of nitrogens with one attached hydrogen (secondary N) is 1. The van der Waals surface area contributed by atoms with Gasteiger partial charge in [0, 0.05) is 11.8 Å². The van der Waals surface area contributed by atoms with Gasteiger partial charge in [-0.05, 0) is 37.1 Å². The molecule has 30 heavy (non-hydrogen) atoms. The van der Waals surface area contributed by atoms with Crippen LogP contribution in [-0.2, 0) is 20.9 Å². The van der Waals surface area contributed by atoms with E-state index < -0.39 is 0 Å². The number of esters is 1. The van der Waals surface area contributed by atoms with Gasteiger partial charge in [-0.2, -0.15) is 0 Å². The van der Waals surface area contributed by atoms with Gasteiger partial charge >= 0.3 is 5.97 Å². The molecule has 0 spiro atoms. The maximum atomic E-state index is 12.9. The Bertz CT molecular complexity index is 856. The van der Waals surface area contributed by atoms with Gasteiger partial charge in [-0.25, -0.2) is 0 Å². The van der Waals surface area contributed by atoms with E-state index in [1.807, 2.05) is 35.2 Å². The number of hydrogen-bond donors (Lipinski definition) is 1. The Morgan fingerprint density at radius 2 is 1.80 bits per heavy atom. The Morgan fingerprint density at radius 1 is 1.03 bits per heavy atom. The molecule has 0 aromatic heterocycles. The number of anilines is 1. The number of carbonyl (C=O) groups is 2. The van der Waals surface area contributed by atoms with Crippen LogP contribution in [0.15, 0.2) is 48.5 Å². The van der Waals surface area contributed by atoms with E-state index in [1.165, 1.54) is 0 Å². The van der Waals surface area contributed by atoms with Gasteiger partial charge in [0.05, 0.1) is 26.8 Å². The van der Waals surface area contributed by atoms with E-state index in [9.17, 15) is 9.59 Å². The fraction of sp³-hybridized carbons (Fsp3) is 0.391. The van der Waals surface area contributed by atoms with Gasteiger partial charge in [0.1, 0.15) is 6.61 Å². The van der Waals surface area contributed by atoms with Crippen LogP contribution in [0.4, 0.5) is 5.69 Å². The number of benzene rings is 2. The maximum absolute atomic E-state index is 12.9. The highest BCUT2D eigenvalue weighted by molar-refractivity contribution is 5.95. The van der Waals surface area contributed by atoms with Crippen molar-refractivity contribution >= 4 is 17.6 Å². The third kappa shape index (κ3) is 5.73. The van der Waals surface area contributed by atoms with Crippen molar-refractivity contribution in [3.05, 3.63) is 54.1 Å². The molecule has 1 N–H and O–H groups in total. The van der Waals surface area contributed by atoms with Crippen LogP contribution in [0.5, 0.6) is 11.5 Å². The molecule has 1 heterocycles. The smallest absolute Gasteiger partial charge is 0.320 e. The highest BCUT2D eigenvalue weighted by Gasteiger charge is 2.30. The lowest BCUT2D eigenvalue weighted by Gasteiger charge is -2.33. The molecule has 0 aliphatic carbocycles. The largest absolute Gasteiger partial charge is 0.493 e. The summed E-state index contributed by atoms with van der Waals surface area (Å²) in [7, 11) is 3.11. The van der Waals surface area contributed by atoms with E-state index in [0.717, 1.165) is 18.4 Å². The molecule has 2 aromatic rings. The number of likely N-dealkylation sites (tertiary alicyclic amines) is 1. The highest BCUT2D eigenvalue weighted by atomic mass is 16.5. The van der Waals surface area contributed by atoms with Gasteiger partial charge < -0.3 is 19.5 Å². The van der Waals surface area contributed by atoms with Crippen molar-refractivity contribution in [3.8, 4) is 11.5 Å². The summed E-state index contributed by atoms with van der Waals surface area (Å²) >= 11 is 0. The Balaban J connectivity index is 1.59. The third-order valence-electron chi connectivity index (χ3n) is 5.14. The number of piperidine rings is 1. The predicted octanol–water partition coefficient (Wildman–Crippen LogP) is 3.24. The maximum Gasteiger partial charge on any atom is 0.320 e. The van der Waals surface area contributed by atoms with E-state index in [2.05, 4.69) is 5.32 Å². The van der Waals surface area contributed by atoms with Gasteiger partial charge in [0.25, 0.3) is 0 Å². The summed E-state index contributed by atoms with van der Waals surface area (Å²) in [5, 5.41) is 2.93. The van der Waals surface area contributed by atoms with E-state index in [0.29, 0.717) is 30.2 Å². The molecule has 0 unspecified atom stereocenters. The molecule has 1 fully saturated rings. The molecular formula is C23H28N2O5. The van der Waals surface area contributed by atoms with Crippen LogP contribution in [0.1, 0.15) is 24.8 Å². The van der Waals surface area contributed by atoms with Crippen LogP contribution in [0, 0.1) is 0 Å². The second kappa shape index (κ2) is 10.6. The van der Waals surface area contributed by atoms with Crippen LogP contribution in [-0.4, -0.2) is 50.1 Å². The number of rotatable bonds is 8. The van der Waals surface area contributed by atoms with Crippen molar-refractivity contribution in [3.63, 3.8) is 0 Å². The standard InChI is InChI=1S/C23H28N2O5/c1-28-20-12-11-18(14-21(20)29-2)24-23(27)19-10-6-7-13-25(19)15-22(26)30-16-17-8-4-3-5-9-17/h3-5,8-9,11-12,14,19H,6-7,10,13,15-16H2,1-2H3,(H,24,27)/t19-/m0/s1. The van der Waals surface area contributed by atoms with Gasteiger partial charge in [-0.15, -0.1) is 0 Å². The van der Waals surface area contributed by atoms with Crippen molar-refractivity contribution in [2.75, 3.05) is 32.6 Å². The highest BCUT2D eigenvalue weighted by Crippen LogP contribution is 2.30. The molecule has 1 atom stereocenters. The number of amides is 1. The first kappa shape index (κ1) is 21.6. The molecule has 1 amide bonds. The quantitative estimate of drug-likeness (QED) is 0.671. The summed E-state index contributed by atoms with van der Waals surface area (Å²) < 4.78 is 15.9. The minimum absolute atomic E-state index is 0.0941. The second-order valence-electron chi connectivity index (χ2n) is 7.19. The molecule has 7 nitrogen and oxygen atoms in total. The van der Waals surface area contributed by atoms with Crippen LogP contribution in [0.25, 0.3) is 0 Å². The van der Waals surface area contributed by atoms with Crippen molar-refractivity contribution in [1.82, 2.24) is 4.90 Å². The average molecular weight is 412 g/mol. The van der Waals surface area contributed by atoms with Crippen molar-refractivity contribution in [2.24, 2.45) is 0 Å². The molecule has 1 aliphatic heterocycles. The number of ether oxygens (including phenoxy) is 3. The number of nitrogens with zero attached hydrogens (tertiary/aromatic N) is 1. The van der Waals surface area contributed by atoms with Crippen LogP contribution < -0.4 is 14.8 Å². The number of hydrogen-bond acceptors (Lipinski definition) is 6. The molecule has 160 valence electrons. The van der Waals surface area contributed by atoms with E-state index in [4.69, 9.17) is 14.2 Å². The average Bonchev–Trinajstić information content (AvgIpc) is 2.78. The molecule has 3 rings (SSSR count). The fourth-order valence-corrected chi connectivity index (χ4v) is 3.57. The van der Waals surface area contributed by atoms with Gasteiger partial charge in [0.2, 0.25) is 5.91 Å². The molecular weight excluding hydrogens is 384 g/mol. The lowest BCUT2D eigenvalue weighted by atomic mass is 10.0. The zero-order chi connectivity index (χ0) is 21.3. The van der Waals surface area contributed by atoms with E-state index in [1.54, 1.807) is 32.4 Å². The molecule has 1 saturated heterocycles. The lowest BCUT2D eigenvalue weighted by Crippen LogP contribution is -2.49. The van der Waals surface area contributed by atoms with Crippen molar-refractivity contribution < 1.29 is 23.8 Å². The normalized spacial score (nSPS) is 16.5. The summed E-state index contributed by atoms with van der Waals surface area (Å²) in [5.41, 5.74) is 1.56. The van der Waals surface area contributed by atoms with E-state index in [-0.39, 0.29) is 31.1 Å². The topological polar surface area (TPSA) is 77.1 Å². The Labute approximate surface area is 176 Å². The molecule has 0 saturated carbocycles. The SMILES string of the molecule is COc1ccc(NC(=O)[C@@H]2CCCCN2CC(=O)OCc2ccccc2)cc1OC. The molecule has 1 aliphatic rings. The number of carbonyl (C=O) groups excluding carboxylic acids is 2. The summed E-state index contributed by atoms with van der Waals surface area (Å²) in [6.45, 7) is 1.01. The predicted molar refractivity (Wildman–Crippen MR) is 114 cm³/mol. The third-order valence-corrected chi connectivity index (χ3v) is 5.14. The van der Waals surface area contributed by atoms with Gasteiger partial charge in [-0.1, -0.05) is 36.8 Å². The lowest BCUT2D eigenvalue weighted by molar-refractivity contribution is -0.147. The first-order valence-corrected chi connectivity index (χ1v) is 10.1. The van der Waals surface area contributed by atoms with Gasteiger partial charge in [0.15, 0.2) is 11.5 Å². The van der Waals surface area contributed by atoms with Crippen molar-refractivity contribution in [2.45, 2.75) is 31.9 Å². The van der Waals surface area contributed by atoms with Gasteiger partial charge in [-0.3, -0.25) is 14.5 Å². The van der Waals surface area contributed by atoms with Crippen molar-refractivity contribution in [1.29, 1.82) is 0 Å². The number of methoxy groups -OCH3 is 2. The monoisotopic (exact) mass is 412 g/mol. The van der Waals surface area contributed by atoms with E-state index >= 15 is 0 Å².